The average molecular weight is 393 g/mol. The van der Waals surface area contributed by atoms with Gasteiger partial charge in [-0.3, -0.25) is 4.99 Å². The second-order valence-corrected chi connectivity index (χ2v) is 7.16. The minimum absolute atomic E-state index is 0.0228. The summed E-state index contributed by atoms with van der Waals surface area (Å²) in [6.07, 6.45) is 3.38. The molecular weight excluding hydrogens is 356 g/mol. The molecule has 2 N–H and O–H groups in total. The van der Waals surface area contributed by atoms with Crippen LogP contribution in [0.15, 0.2) is 29.3 Å². The van der Waals surface area contributed by atoms with Crippen molar-refractivity contribution in [1.29, 1.82) is 0 Å². The predicted octanol–water partition coefficient (Wildman–Crippen LogP) is 2.13. The molecule has 0 amide bonds. The molecule has 2 rings (SSSR count). The number of nitrogens with zero attached hydrogens (tertiary/aromatic N) is 2. The highest BCUT2D eigenvalue weighted by Crippen LogP contribution is 2.18. The van der Waals surface area contributed by atoms with Crippen LogP contribution >= 0.6 is 0 Å². The highest BCUT2D eigenvalue weighted by Gasteiger charge is 2.19. The zero-order valence-corrected chi connectivity index (χ0v) is 17.7. The first-order valence-corrected chi connectivity index (χ1v) is 10.1. The van der Waals surface area contributed by atoms with E-state index in [4.69, 9.17) is 14.2 Å². The molecule has 1 aromatic carbocycles. The van der Waals surface area contributed by atoms with E-state index in [1.165, 1.54) is 0 Å². The third kappa shape index (κ3) is 7.94. The topological polar surface area (TPSA) is 67.4 Å². The van der Waals surface area contributed by atoms with Crippen LogP contribution in [-0.2, 0) is 4.74 Å². The fourth-order valence-corrected chi connectivity index (χ4v) is 3.29. The monoisotopic (exact) mass is 392 g/mol. The van der Waals surface area contributed by atoms with Gasteiger partial charge in [0.15, 0.2) is 5.96 Å². The molecule has 158 valence electrons. The van der Waals surface area contributed by atoms with Crippen LogP contribution in [0, 0.1) is 0 Å². The van der Waals surface area contributed by atoms with Crippen molar-refractivity contribution >= 4 is 5.96 Å². The molecule has 1 saturated heterocycles. The van der Waals surface area contributed by atoms with Gasteiger partial charge in [-0.05, 0) is 50.5 Å². The summed E-state index contributed by atoms with van der Waals surface area (Å²) in [5, 5.41) is 6.91. The summed E-state index contributed by atoms with van der Waals surface area (Å²) in [5.74, 6) is 2.49. The Bertz CT molecular complexity index is 572. The highest BCUT2D eigenvalue weighted by atomic mass is 16.5. The van der Waals surface area contributed by atoms with Gasteiger partial charge >= 0.3 is 0 Å². The van der Waals surface area contributed by atoms with Crippen molar-refractivity contribution in [3.63, 3.8) is 0 Å². The van der Waals surface area contributed by atoms with E-state index in [0.717, 1.165) is 63.0 Å². The quantitative estimate of drug-likeness (QED) is 0.361. The molecule has 0 saturated carbocycles. The van der Waals surface area contributed by atoms with Gasteiger partial charge in [-0.25, -0.2) is 0 Å². The van der Waals surface area contributed by atoms with Gasteiger partial charge in [0.25, 0.3) is 0 Å². The first kappa shape index (κ1) is 22.3. The number of nitrogens with one attached hydrogen (secondary N) is 2. The smallest absolute Gasteiger partial charge is 0.191 e. The largest absolute Gasteiger partial charge is 0.497 e. The molecule has 1 atom stereocenters. The molecule has 1 aromatic rings. The van der Waals surface area contributed by atoms with Crippen molar-refractivity contribution in [1.82, 2.24) is 15.5 Å². The van der Waals surface area contributed by atoms with Crippen molar-refractivity contribution in [2.45, 2.75) is 38.3 Å². The number of benzene rings is 1. The lowest BCUT2D eigenvalue weighted by atomic mass is 10.1. The van der Waals surface area contributed by atoms with Gasteiger partial charge in [0, 0.05) is 46.4 Å². The van der Waals surface area contributed by atoms with Crippen LogP contribution < -0.4 is 20.1 Å². The lowest BCUT2D eigenvalue weighted by Crippen LogP contribution is -2.50. The van der Waals surface area contributed by atoms with E-state index in [-0.39, 0.29) is 6.10 Å². The van der Waals surface area contributed by atoms with Gasteiger partial charge in [-0.15, -0.1) is 0 Å². The second kappa shape index (κ2) is 12.5. The fourth-order valence-electron chi connectivity index (χ4n) is 3.29. The second-order valence-electron chi connectivity index (χ2n) is 7.16. The lowest BCUT2D eigenvalue weighted by Gasteiger charge is -2.33. The number of rotatable bonds is 10. The van der Waals surface area contributed by atoms with Gasteiger partial charge in [-0.1, -0.05) is 0 Å². The van der Waals surface area contributed by atoms with E-state index in [0.29, 0.717) is 12.6 Å². The minimum Gasteiger partial charge on any atom is -0.497 e. The first-order chi connectivity index (χ1) is 13.6. The molecule has 1 fully saturated rings. The summed E-state index contributed by atoms with van der Waals surface area (Å²) in [4.78, 5) is 6.87. The zero-order chi connectivity index (χ0) is 20.2. The Labute approximate surface area is 169 Å². The SMILES string of the molecule is CN=C(NCC(C)Oc1ccc(OC)cc1)NC1CCN(CCCOC)CC1. The van der Waals surface area contributed by atoms with Crippen LogP contribution in [-0.4, -0.2) is 77.1 Å². The number of methoxy groups -OCH3 is 2. The molecule has 0 spiro atoms. The first-order valence-electron chi connectivity index (χ1n) is 10.1. The Balaban J connectivity index is 1.66. The van der Waals surface area contributed by atoms with Crippen LogP contribution in [0.5, 0.6) is 11.5 Å². The number of ether oxygens (including phenoxy) is 3. The third-order valence-corrected chi connectivity index (χ3v) is 4.93. The number of guanidine groups is 1. The van der Waals surface area contributed by atoms with Gasteiger partial charge in [0.1, 0.15) is 17.6 Å². The summed E-state index contributed by atoms with van der Waals surface area (Å²) in [7, 11) is 5.23. The number of aliphatic imine (C=N–C) groups is 1. The molecule has 1 aliphatic heterocycles. The van der Waals surface area contributed by atoms with E-state index in [1.54, 1.807) is 14.2 Å². The normalized spacial score (nSPS) is 17.2. The van der Waals surface area contributed by atoms with E-state index >= 15 is 0 Å². The van der Waals surface area contributed by atoms with Crippen molar-refractivity contribution in [2.75, 3.05) is 54.1 Å². The van der Waals surface area contributed by atoms with Gasteiger partial charge in [-0.2, -0.15) is 0 Å². The van der Waals surface area contributed by atoms with E-state index in [2.05, 4.69) is 20.5 Å². The summed E-state index contributed by atoms with van der Waals surface area (Å²) in [6, 6.07) is 8.10. The number of hydrogen-bond donors (Lipinski definition) is 2. The van der Waals surface area contributed by atoms with Gasteiger partial charge < -0.3 is 29.7 Å². The maximum Gasteiger partial charge on any atom is 0.191 e. The highest BCUT2D eigenvalue weighted by molar-refractivity contribution is 5.80. The van der Waals surface area contributed by atoms with Crippen molar-refractivity contribution < 1.29 is 14.2 Å². The van der Waals surface area contributed by atoms with Crippen molar-refractivity contribution in [2.24, 2.45) is 4.99 Å². The Kier molecular flexibility index (Phi) is 9.93. The average Bonchev–Trinajstić information content (AvgIpc) is 2.73. The summed E-state index contributed by atoms with van der Waals surface area (Å²) in [6.45, 7) is 6.93. The number of hydrogen-bond acceptors (Lipinski definition) is 5. The van der Waals surface area contributed by atoms with Crippen LogP contribution in [0.2, 0.25) is 0 Å². The molecule has 0 bridgehead atoms. The molecule has 1 aliphatic rings. The molecule has 0 aliphatic carbocycles. The predicted molar refractivity (Wildman–Crippen MR) is 114 cm³/mol. The molecule has 7 nitrogen and oxygen atoms in total. The van der Waals surface area contributed by atoms with Crippen LogP contribution in [0.3, 0.4) is 0 Å². The van der Waals surface area contributed by atoms with Crippen LogP contribution in [0.4, 0.5) is 0 Å². The van der Waals surface area contributed by atoms with Crippen LogP contribution in [0.1, 0.15) is 26.2 Å². The van der Waals surface area contributed by atoms with Crippen molar-refractivity contribution in [3.05, 3.63) is 24.3 Å². The van der Waals surface area contributed by atoms with Crippen LogP contribution in [0.25, 0.3) is 0 Å². The zero-order valence-electron chi connectivity index (χ0n) is 17.7. The van der Waals surface area contributed by atoms with E-state index in [9.17, 15) is 0 Å². The molecular formula is C21H36N4O3. The Morgan fingerprint density at radius 3 is 2.46 bits per heavy atom. The minimum atomic E-state index is 0.0228. The molecule has 7 heteroatoms. The molecule has 0 radical (unpaired) electrons. The summed E-state index contributed by atoms with van der Waals surface area (Å²) in [5.41, 5.74) is 0. The van der Waals surface area contributed by atoms with Gasteiger partial charge in [0.2, 0.25) is 0 Å². The maximum absolute atomic E-state index is 5.94. The summed E-state index contributed by atoms with van der Waals surface area (Å²) >= 11 is 0. The Morgan fingerprint density at radius 2 is 1.86 bits per heavy atom. The molecule has 1 unspecified atom stereocenters. The van der Waals surface area contributed by atoms with E-state index < -0.39 is 0 Å². The molecule has 28 heavy (non-hydrogen) atoms. The standard InChI is InChI=1S/C21H36N4O3/c1-17(28-20-8-6-19(27-4)7-9-20)16-23-21(22-2)24-18-10-13-25(14-11-18)12-5-15-26-3/h6-9,17-18H,5,10-16H2,1-4H3,(H2,22,23,24). The summed E-state index contributed by atoms with van der Waals surface area (Å²) < 4.78 is 16.2. The lowest BCUT2D eigenvalue weighted by molar-refractivity contribution is 0.155. The number of piperidine rings is 1. The fraction of sp³-hybridized carbons (Fsp3) is 0.667. The Hall–Kier alpha value is -1.99. The van der Waals surface area contributed by atoms with Crippen molar-refractivity contribution in [3.8, 4) is 11.5 Å². The van der Waals surface area contributed by atoms with Gasteiger partial charge in [0.05, 0.1) is 13.7 Å². The molecule has 0 aromatic heterocycles. The molecule has 1 heterocycles. The Morgan fingerprint density at radius 1 is 1.18 bits per heavy atom. The van der Waals surface area contributed by atoms with E-state index in [1.807, 2.05) is 38.2 Å². The third-order valence-electron chi connectivity index (χ3n) is 4.93. The maximum atomic E-state index is 5.94. The number of likely N-dealkylation sites (tertiary alicyclic amines) is 1.